The van der Waals surface area contributed by atoms with E-state index in [1.54, 1.807) is 6.92 Å². The number of nitrogens with one attached hydrogen (secondary N) is 1. The molecule has 15 heavy (non-hydrogen) atoms. The van der Waals surface area contributed by atoms with E-state index >= 15 is 0 Å². The second-order valence-corrected chi connectivity index (χ2v) is 3.13. The van der Waals surface area contributed by atoms with Crippen molar-refractivity contribution in [3.63, 3.8) is 0 Å². The van der Waals surface area contributed by atoms with Crippen LogP contribution >= 0.6 is 0 Å². The molecule has 6 nitrogen and oxygen atoms in total. The molecule has 1 atom stereocenters. The SMILES string of the molecule is CC1Oc2ncc(C(=O)O)cc2NC1=O. The van der Waals surface area contributed by atoms with Crippen molar-refractivity contribution in [3.05, 3.63) is 17.8 Å². The summed E-state index contributed by atoms with van der Waals surface area (Å²) in [5.74, 6) is -1.17. The Morgan fingerprint density at radius 3 is 3.07 bits per heavy atom. The van der Waals surface area contributed by atoms with Crippen LogP contribution in [-0.4, -0.2) is 28.1 Å². The number of aromatic nitrogens is 1. The number of aromatic carboxylic acids is 1. The molecule has 0 aliphatic carbocycles. The summed E-state index contributed by atoms with van der Waals surface area (Å²) in [6.07, 6.45) is 0.575. The van der Waals surface area contributed by atoms with Crippen molar-refractivity contribution in [2.24, 2.45) is 0 Å². The Bertz CT molecular complexity index is 444. The normalized spacial score (nSPS) is 18.7. The lowest BCUT2D eigenvalue weighted by molar-refractivity contribution is -0.122. The quantitative estimate of drug-likeness (QED) is 0.701. The molecule has 1 aromatic rings. The number of amides is 1. The van der Waals surface area contributed by atoms with E-state index in [1.165, 1.54) is 12.3 Å². The third-order valence-corrected chi connectivity index (χ3v) is 2.01. The maximum atomic E-state index is 11.2. The fourth-order valence-electron chi connectivity index (χ4n) is 1.21. The lowest BCUT2D eigenvalue weighted by atomic mass is 10.2. The fourth-order valence-corrected chi connectivity index (χ4v) is 1.21. The standard InChI is InChI=1S/C9H8N2O4/c1-4-7(12)11-6-2-5(9(13)14)3-10-8(6)15-4/h2-4H,1H3,(H,11,12)(H,13,14). The summed E-state index contributed by atoms with van der Waals surface area (Å²) < 4.78 is 5.16. The maximum absolute atomic E-state index is 11.2. The van der Waals surface area contributed by atoms with E-state index in [2.05, 4.69) is 10.3 Å². The number of pyridine rings is 1. The van der Waals surface area contributed by atoms with Gasteiger partial charge in [-0.05, 0) is 13.0 Å². The third kappa shape index (κ3) is 1.61. The van der Waals surface area contributed by atoms with Crippen molar-refractivity contribution in [1.82, 2.24) is 4.98 Å². The van der Waals surface area contributed by atoms with Crippen LogP contribution in [0.15, 0.2) is 12.3 Å². The van der Waals surface area contributed by atoms with Gasteiger partial charge >= 0.3 is 5.97 Å². The van der Waals surface area contributed by atoms with E-state index in [4.69, 9.17) is 9.84 Å². The molecule has 0 aromatic carbocycles. The van der Waals surface area contributed by atoms with E-state index in [9.17, 15) is 9.59 Å². The lowest BCUT2D eigenvalue weighted by Gasteiger charge is -2.21. The summed E-state index contributed by atoms with van der Waals surface area (Å²) in [6, 6.07) is 1.31. The molecule has 2 rings (SSSR count). The number of fused-ring (bicyclic) bond motifs is 1. The van der Waals surface area contributed by atoms with Crippen molar-refractivity contribution in [1.29, 1.82) is 0 Å². The van der Waals surface area contributed by atoms with Crippen molar-refractivity contribution in [2.45, 2.75) is 13.0 Å². The van der Waals surface area contributed by atoms with Gasteiger partial charge in [-0.15, -0.1) is 0 Å². The van der Waals surface area contributed by atoms with Gasteiger partial charge in [0.15, 0.2) is 6.10 Å². The van der Waals surface area contributed by atoms with Crippen LogP contribution in [0.2, 0.25) is 0 Å². The minimum Gasteiger partial charge on any atom is -0.478 e. The highest BCUT2D eigenvalue weighted by molar-refractivity contribution is 5.98. The highest BCUT2D eigenvalue weighted by atomic mass is 16.5. The van der Waals surface area contributed by atoms with Crippen LogP contribution in [0, 0.1) is 0 Å². The van der Waals surface area contributed by atoms with Crippen molar-refractivity contribution in [2.75, 3.05) is 5.32 Å². The summed E-state index contributed by atoms with van der Waals surface area (Å²) in [6.45, 7) is 1.59. The molecule has 0 fully saturated rings. The van der Waals surface area contributed by atoms with Crippen LogP contribution in [0.25, 0.3) is 0 Å². The topological polar surface area (TPSA) is 88.5 Å². The molecular weight excluding hydrogens is 200 g/mol. The van der Waals surface area contributed by atoms with Gasteiger partial charge in [0.1, 0.15) is 5.69 Å². The van der Waals surface area contributed by atoms with Gasteiger partial charge < -0.3 is 15.2 Å². The largest absolute Gasteiger partial charge is 0.478 e. The third-order valence-electron chi connectivity index (χ3n) is 2.01. The Labute approximate surface area is 84.9 Å². The van der Waals surface area contributed by atoms with E-state index in [0.29, 0.717) is 0 Å². The number of carboxylic acids is 1. The first kappa shape index (κ1) is 9.45. The number of ether oxygens (including phenoxy) is 1. The van der Waals surface area contributed by atoms with Crippen LogP contribution in [0.1, 0.15) is 17.3 Å². The molecule has 0 spiro atoms. The van der Waals surface area contributed by atoms with E-state index in [-0.39, 0.29) is 23.0 Å². The molecule has 0 saturated heterocycles. The summed E-state index contributed by atoms with van der Waals surface area (Å²) in [4.78, 5) is 25.7. The van der Waals surface area contributed by atoms with Gasteiger partial charge in [0.25, 0.3) is 5.91 Å². The highest BCUT2D eigenvalue weighted by Crippen LogP contribution is 2.27. The Kier molecular flexibility index (Phi) is 2.03. The Morgan fingerprint density at radius 1 is 1.67 bits per heavy atom. The van der Waals surface area contributed by atoms with Crippen molar-refractivity contribution in [3.8, 4) is 5.88 Å². The van der Waals surface area contributed by atoms with E-state index in [0.717, 1.165) is 0 Å². The predicted molar refractivity (Wildman–Crippen MR) is 49.9 cm³/mol. The van der Waals surface area contributed by atoms with Gasteiger partial charge in [-0.25, -0.2) is 9.78 Å². The van der Waals surface area contributed by atoms with E-state index < -0.39 is 12.1 Å². The smallest absolute Gasteiger partial charge is 0.337 e. The van der Waals surface area contributed by atoms with Gasteiger partial charge in [0, 0.05) is 6.20 Å². The summed E-state index contributed by atoms with van der Waals surface area (Å²) in [5, 5.41) is 11.2. The fraction of sp³-hybridized carbons (Fsp3) is 0.222. The molecule has 78 valence electrons. The lowest BCUT2D eigenvalue weighted by Crippen LogP contribution is -2.34. The summed E-state index contributed by atoms with van der Waals surface area (Å²) >= 11 is 0. The monoisotopic (exact) mass is 208 g/mol. The molecule has 0 radical (unpaired) electrons. The minimum atomic E-state index is -1.10. The molecule has 1 aliphatic heterocycles. The van der Waals surface area contributed by atoms with Gasteiger partial charge in [-0.3, -0.25) is 4.79 Å². The van der Waals surface area contributed by atoms with Crippen molar-refractivity contribution >= 4 is 17.6 Å². The number of hydrogen-bond donors (Lipinski definition) is 2. The van der Waals surface area contributed by atoms with Crippen LogP contribution in [0.3, 0.4) is 0 Å². The zero-order valence-electron chi connectivity index (χ0n) is 7.85. The molecule has 1 aliphatic rings. The molecule has 0 bridgehead atoms. The Balaban J connectivity index is 2.41. The molecule has 1 aromatic heterocycles. The highest BCUT2D eigenvalue weighted by Gasteiger charge is 2.25. The minimum absolute atomic E-state index is 0.00667. The molecule has 6 heteroatoms. The summed E-state index contributed by atoms with van der Waals surface area (Å²) in [5.41, 5.74) is 0.296. The summed E-state index contributed by atoms with van der Waals surface area (Å²) in [7, 11) is 0. The predicted octanol–water partition coefficient (Wildman–Crippen LogP) is 0.499. The van der Waals surface area contributed by atoms with Crippen LogP contribution in [0.4, 0.5) is 5.69 Å². The average molecular weight is 208 g/mol. The number of carbonyl (C=O) groups is 2. The Morgan fingerprint density at radius 2 is 2.40 bits per heavy atom. The second-order valence-electron chi connectivity index (χ2n) is 3.13. The first-order valence-corrected chi connectivity index (χ1v) is 4.29. The van der Waals surface area contributed by atoms with Crippen molar-refractivity contribution < 1.29 is 19.4 Å². The number of hydrogen-bond acceptors (Lipinski definition) is 4. The maximum Gasteiger partial charge on any atom is 0.337 e. The average Bonchev–Trinajstić information content (AvgIpc) is 2.19. The van der Waals surface area contributed by atoms with Crippen LogP contribution in [-0.2, 0) is 4.79 Å². The molecule has 1 unspecified atom stereocenters. The van der Waals surface area contributed by atoms with Gasteiger partial charge in [0.2, 0.25) is 5.88 Å². The van der Waals surface area contributed by atoms with Gasteiger partial charge in [-0.1, -0.05) is 0 Å². The van der Waals surface area contributed by atoms with Gasteiger partial charge in [0.05, 0.1) is 5.56 Å². The Hall–Kier alpha value is -2.11. The van der Waals surface area contributed by atoms with E-state index in [1.807, 2.05) is 0 Å². The zero-order chi connectivity index (χ0) is 11.0. The molecule has 1 amide bonds. The molecular formula is C9H8N2O4. The van der Waals surface area contributed by atoms with Gasteiger partial charge in [-0.2, -0.15) is 0 Å². The first-order chi connectivity index (χ1) is 7.08. The number of carboxylic acid groups (broad SMARTS) is 1. The number of carbonyl (C=O) groups excluding carboxylic acids is 1. The first-order valence-electron chi connectivity index (χ1n) is 4.29. The number of nitrogens with zero attached hydrogens (tertiary/aromatic N) is 1. The molecule has 2 N–H and O–H groups in total. The zero-order valence-corrected chi connectivity index (χ0v) is 7.85. The number of anilines is 1. The molecule has 0 saturated carbocycles. The van der Waals surface area contributed by atoms with Crippen LogP contribution in [0.5, 0.6) is 5.88 Å². The van der Waals surface area contributed by atoms with Crippen LogP contribution < -0.4 is 10.1 Å². The molecule has 2 heterocycles. The number of rotatable bonds is 1. The second kappa shape index (κ2) is 3.23.